The second kappa shape index (κ2) is 7.06. The summed E-state index contributed by atoms with van der Waals surface area (Å²) in [5.41, 5.74) is 3.38. The molecule has 0 atom stereocenters. The molecule has 4 aromatic rings. The summed E-state index contributed by atoms with van der Waals surface area (Å²) in [5.74, 6) is -0.463. The highest BCUT2D eigenvalue weighted by atomic mass is 79.9. The van der Waals surface area contributed by atoms with Gasteiger partial charge in [0.15, 0.2) is 5.76 Å². The second-order valence-electron chi connectivity index (χ2n) is 5.83. The quantitative estimate of drug-likeness (QED) is 0.326. The number of hydrogen-bond donors (Lipinski definition) is 2. The van der Waals surface area contributed by atoms with E-state index in [9.17, 15) is 9.90 Å². The molecule has 0 aliphatic rings. The molecule has 0 fully saturated rings. The lowest BCUT2D eigenvalue weighted by atomic mass is 10.1. The third-order valence-electron chi connectivity index (χ3n) is 4.08. The van der Waals surface area contributed by atoms with Gasteiger partial charge in [0.1, 0.15) is 11.3 Å². The smallest absolute Gasteiger partial charge is 0.307 e. The van der Waals surface area contributed by atoms with Gasteiger partial charge in [-0.15, -0.1) is 0 Å². The molecule has 0 aliphatic heterocycles. The Morgan fingerprint density at radius 2 is 1.96 bits per heavy atom. The first-order valence-corrected chi connectivity index (χ1v) is 9.13. The fraction of sp³-hybridized carbons (Fsp3) is 0. The van der Waals surface area contributed by atoms with Gasteiger partial charge in [-0.1, -0.05) is 57.9 Å². The third-order valence-corrected chi connectivity index (χ3v) is 4.82. The van der Waals surface area contributed by atoms with E-state index in [1.807, 2.05) is 36.4 Å². The first-order chi connectivity index (χ1) is 13.0. The standard InChI is InChI=1S/C20H12BrClN2O3/c21-13-7-12(19(25)16(22)8-13)10-23-24-20(26)18-9-15-14-4-2-1-3-11(14)5-6-17(15)27-18/h1-10,25H,(H,24,26). The maximum absolute atomic E-state index is 12.3. The molecule has 5 nitrogen and oxygen atoms in total. The van der Waals surface area contributed by atoms with Crippen molar-refractivity contribution in [2.24, 2.45) is 5.10 Å². The molecular formula is C20H12BrClN2O3. The van der Waals surface area contributed by atoms with Crippen LogP contribution in [0.3, 0.4) is 0 Å². The van der Waals surface area contributed by atoms with Crippen molar-refractivity contribution >= 4 is 61.4 Å². The Hall–Kier alpha value is -2.83. The number of halogens is 2. The van der Waals surface area contributed by atoms with E-state index in [2.05, 4.69) is 26.5 Å². The third kappa shape index (κ3) is 3.41. The van der Waals surface area contributed by atoms with Crippen LogP contribution in [-0.2, 0) is 0 Å². The number of phenolic OH excluding ortho intramolecular Hbond substituents is 1. The molecule has 4 rings (SSSR count). The van der Waals surface area contributed by atoms with Gasteiger partial charge in [0.05, 0.1) is 11.2 Å². The van der Waals surface area contributed by atoms with Crippen molar-refractivity contribution < 1.29 is 14.3 Å². The van der Waals surface area contributed by atoms with Crippen LogP contribution in [0.2, 0.25) is 5.02 Å². The summed E-state index contributed by atoms with van der Waals surface area (Å²) < 4.78 is 6.32. The zero-order valence-corrected chi connectivity index (χ0v) is 16.1. The number of amides is 1. The number of fused-ring (bicyclic) bond motifs is 3. The minimum absolute atomic E-state index is 0.118. The lowest BCUT2D eigenvalue weighted by Crippen LogP contribution is -2.16. The van der Waals surface area contributed by atoms with E-state index in [4.69, 9.17) is 16.0 Å². The number of nitrogens with zero attached hydrogens (tertiary/aromatic N) is 1. The largest absolute Gasteiger partial charge is 0.506 e. The van der Waals surface area contributed by atoms with E-state index < -0.39 is 5.91 Å². The topological polar surface area (TPSA) is 74.8 Å². The van der Waals surface area contributed by atoms with E-state index in [-0.39, 0.29) is 16.5 Å². The van der Waals surface area contributed by atoms with Crippen LogP contribution in [0.25, 0.3) is 21.7 Å². The van der Waals surface area contributed by atoms with Gasteiger partial charge in [0.2, 0.25) is 0 Å². The average Bonchev–Trinajstić information content (AvgIpc) is 3.10. The fourth-order valence-electron chi connectivity index (χ4n) is 2.80. The lowest BCUT2D eigenvalue weighted by Gasteiger charge is -2.02. The molecule has 7 heteroatoms. The number of hydrazone groups is 1. The molecule has 0 radical (unpaired) electrons. The highest BCUT2D eigenvalue weighted by Gasteiger charge is 2.13. The van der Waals surface area contributed by atoms with Crippen LogP contribution in [0.5, 0.6) is 5.75 Å². The summed E-state index contributed by atoms with van der Waals surface area (Å²) in [6.45, 7) is 0. The summed E-state index contributed by atoms with van der Waals surface area (Å²) in [4.78, 5) is 12.3. The molecule has 3 aromatic carbocycles. The van der Waals surface area contributed by atoms with Crippen LogP contribution in [0.15, 0.2) is 68.6 Å². The molecule has 0 aliphatic carbocycles. The molecule has 27 heavy (non-hydrogen) atoms. The Bertz CT molecular complexity index is 1220. The SMILES string of the molecule is O=C(NN=Cc1cc(Br)cc(Cl)c1O)c1cc2c(ccc3ccccc32)o1. The van der Waals surface area contributed by atoms with Gasteiger partial charge >= 0.3 is 5.91 Å². The second-order valence-corrected chi connectivity index (χ2v) is 7.16. The van der Waals surface area contributed by atoms with Crippen LogP contribution in [0.4, 0.5) is 0 Å². The van der Waals surface area contributed by atoms with Crippen LogP contribution < -0.4 is 5.43 Å². The maximum Gasteiger partial charge on any atom is 0.307 e. The first-order valence-electron chi connectivity index (χ1n) is 7.95. The number of carbonyl (C=O) groups is 1. The molecule has 0 spiro atoms. The summed E-state index contributed by atoms with van der Waals surface area (Å²) in [5, 5.41) is 16.9. The number of benzene rings is 3. The number of phenols is 1. The molecule has 1 heterocycles. The van der Waals surface area contributed by atoms with Crippen molar-refractivity contribution in [3.63, 3.8) is 0 Å². The van der Waals surface area contributed by atoms with Crippen molar-refractivity contribution in [3.8, 4) is 5.75 Å². The number of carbonyl (C=O) groups excluding carboxylic acids is 1. The van der Waals surface area contributed by atoms with E-state index in [0.717, 1.165) is 16.2 Å². The number of aromatic hydroxyl groups is 1. The van der Waals surface area contributed by atoms with E-state index >= 15 is 0 Å². The summed E-state index contributed by atoms with van der Waals surface area (Å²) in [6, 6.07) is 16.5. The van der Waals surface area contributed by atoms with Gasteiger partial charge in [-0.2, -0.15) is 5.10 Å². The van der Waals surface area contributed by atoms with E-state index in [1.54, 1.807) is 18.2 Å². The van der Waals surface area contributed by atoms with E-state index in [0.29, 0.717) is 15.6 Å². The van der Waals surface area contributed by atoms with Gasteiger partial charge in [-0.05, 0) is 35.0 Å². The molecule has 0 unspecified atom stereocenters. The Kier molecular flexibility index (Phi) is 4.59. The lowest BCUT2D eigenvalue weighted by molar-refractivity contribution is 0.0929. The Morgan fingerprint density at radius 1 is 1.15 bits per heavy atom. The van der Waals surface area contributed by atoms with E-state index in [1.165, 1.54) is 6.21 Å². The van der Waals surface area contributed by atoms with Crippen molar-refractivity contribution in [1.29, 1.82) is 0 Å². The number of rotatable bonds is 3. The van der Waals surface area contributed by atoms with Gasteiger partial charge in [0.25, 0.3) is 0 Å². The average molecular weight is 444 g/mol. The Labute approximate surface area is 167 Å². The number of hydrogen-bond acceptors (Lipinski definition) is 4. The molecular weight excluding hydrogens is 432 g/mol. The zero-order valence-electron chi connectivity index (χ0n) is 13.7. The van der Waals surface area contributed by atoms with Gasteiger partial charge in [0, 0.05) is 15.4 Å². The molecule has 0 saturated carbocycles. The Morgan fingerprint density at radius 3 is 2.81 bits per heavy atom. The predicted molar refractivity (Wildman–Crippen MR) is 110 cm³/mol. The monoisotopic (exact) mass is 442 g/mol. The number of nitrogens with one attached hydrogen (secondary N) is 1. The van der Waals surface area contributed by atoms with Crippen LogP contribution in [0, 0.1) is 0 Å². The van der Waals surface area contributed by atoms with Crippen LogP contribution >= 0.6 is 27.5 Å². The highest BCUT2D eigenvalue weighted by Crippen LogP contribution is 2.30. The summed E-state index contributed by atoms with van der Waals surface area (Å²) in [7, 11) is 0. The van der Waals surface area contributed by atoms with Gasteiger partial charge in [-0.3, -0.25) is 4.79 Å². The van der Waals surface area contributed by atoms with Crippen molar-refractivity contribution in [1.82, 2.24) is 5.43 Å². The van der Waals surface area contributed by atoms with Crippen molar-refractivity contribution in [2.45, 2.75) is 0 Å². The summed E-state index contributed by atoms with van der Waals surface area (Å²) in [6.07, 6.45) is 1.31. The molecule has 0 bridgehead atoms. The minimum atomic E-state index is -0.493. The summed E-state index contributed by atoms with van der Waals surface area (Å²) >= 11 is 9.19. The normalized spacial score (nSPS) is 11.5. The van der Waals surface area contributed by atoms with Gasteiger partial charge in [-0.25, -0.2) is 5.43 Å². The maximum atomic E-state index is 12.3. The van der Waals surface area contributed by atoms with Crippen LogP contribution in [0.1, 0.15) is 16.1 Å². The molecule has 134 valence electrons. The van der Waals surface area contributed by atoms with Crippen molar-refractivity contribution in [3.05, 3.63) is 75.4 Å². The Balaban J connectivity index is 1.59. The zero-order chi connectivity index (χ0) is 19.0. The molecule has 0 saturated heterocycles. The minimum Gasteiger partial charge on any atom is -0.506 e. The van der Waals surface area contributed by atoms with Crippen LogP contribution in [-0.4, -0.2) is 17.2 Å². The fourth-order valence-corrected chi connectivity index (χ4v) is 3.64. The van der Waals surface area contributed by atoms with Gasteiger partial charge < -0.3 is 9.52 Å². The molecule has 2 N–H and O–H groups in total. The molecule has 1 aromatic heterocycles. The highest BCUT2D eigenvalue weighted by molar-refractivity contribution is 9.10. The van der Waals surface area contributed by atoms with Crippen molar-refractivity contribution in [2.75, 3.05) is 0 Å². The first kappa shape index (κ1) is 17.6. The predicted octanol–water partition coefficient (Wildman–Crippen LogP) is 5.47. The molecule has 1 amide bonds. The number of furan rings is 1.